The van der Waals surface area contributed by atoms with E-state index in [2.05, 4.69) is 69.5 Å². The van der Waals surface area contributed by atoms with Gasteiger partial charge in [-0.1, -0.05) is 82.3 Å². The summed E-state index contributed by atoms with van der Waals surface area (Å²) in [6.45, 7) is 10.5. The Morgan fingerprint density at radius 2 is 1.24 bits per heavy atom. The van der Waals surface area contributed by atoms with Crippen molar-refractivity contribution < 1.29 is 38.7 Å². The molecule has 0 spiro atoms. The first-order chi connectivity index (χ1) is 23.8. The van der Waals surface area contributed by atoms with Gasteiger partial charge in [-0.3, -0.25) is 0 Å². The van der Waals surface area contributed by atoms with Crippen molar-refractivity contribution in [3.8, 4) is 33.8 Å². The highest BCUT2D eigenvalue weighted by atomic mass is 16.6. The minimum atomic E-state index is -0.682. The lowest BCUT2D eigenvalue weighted by Crippen LogP contribution is -2.15. The molecule has 8 heteroatoms. The predicted octanol–water partition coefficient (Wildman–Crippen LogP) is 7.60. The number of benzene rings is 3. The van der Waals surface area contributed by atoms with Gasteiger partial charge in [0.15, 0.2) is 0 Å². The summed E-state index contributed by atoms with van der Waals surface area (Å²) in [5.41, 5.74) is 6.83. The van der Waals surface area contributed by atoms with Gasteiger partial charge in [-0.2, -0.15) is 0 Å². The van der Waals surface area contributed by atoms with Crippen LogP contribution in [0.4, 0.5) is 0 Å². The van der Waals surface area contributed by atoms with Crippen molar-refractivity contribution in [3.63, 3.8) is 0 Å². The average molecular weight is 671 g/mol. The van der Waals surface area contributed by atoms with E-state index in [9.17, 15) is 9.59 Å². The van der Waals surface area contributed by atoms with E-state index in [0.29, 0.717) is 17.4 Å². The fourth-order valence-electron chi connectivity index (χ4n) is 6.30. The minimum Gasteiger partial charge on any atom is -0.490 e. The van der Waals surface area contributed by atoms with Crippen LogP contribution in [-0.2, 0) is 25.5 Å². The van der Waals surface area contributed by atoms with Gasteiger partial charge in [0.1, 0.15) is 37.9 Å². The van der Waals surface area contributed by atoms with Gasteiger partial charge < -0.3 is 29.2 Å². The quantitative estimate of drug-likeness (QED) is 0.0809. The van der Waals surface area contributed by atoms with Crippen LogP contribution in [0.3, 0.4) is 0 Å². The molecule has 0 aromatic heterocycles. The molecule has 0 amide bonds. The van der Waals surface area contributed by atoms with Gasteiger partial charge in [-0.15, -0.1) is 0 Å². The highest BCUT2D eigenvalue weighted by molar-refractivity contribution is 5.88. The fraction of sp³-hybridized carbons (Fsp3) is 0.415. The van der Waals surface area contributed by atoms with E-state index in [4.69, 9.17) is 29.2 Å². The molecule has 0 bridgehead atoms. The maximum Gasteiger partial charge on any atom is 0.335 e. The molecule has 3 aromatic carbocycles. The zero-order valence-corrected chi connectivity index (χ0v) is 28.9. The first-order valence-corrected chi connectivity index (χ1v) is 17.3. The van der Waals surface area contributed by atoms with E-state index in [-0.39, 0.29) is 37.6 Å². The Labute approximate surface area is 290 Å². The SMILES string of the molecule is C=C(CO)C(=O)OCCOc1cc(OCCOC(=O)C(=C)CO)cc(-c2ccc(-c3ccc(C4CCC(CCC)CC4)cc3)c(CC)c2)c1. The minimum absolute atomic E-state index is 0.0308. The monoisotopic (exact) mass is 670 g/mol. The summed E-state index contributed by atoms with van der Waals surface area (Å²) in [5, 5.41) is 18.2. The van der Waals surface area contributed by atoms with Crippen molar-refractivity contribution in [2.24, 2.45) is 5.92 Å². The number of aliphatic hydroxyl groups excluding tert-OH is 2. The van der Waals surface area contributed by atoms with Crippen LogP contribution in [0.25, 0.3) is 22.3 Å². The molecule has 0 atom stereocenters. The molecule has 0 unspecified atom stereocenters. The van der Waals surface area contributed by atoms with Gasteiger partial charge in [-0.25, -0.2) is 9.59 Å². The van der Waals surface area contributed by atoms with Crippen molar-refractivity contribution in [1.29, 1.82) is 0 Å². The topological polar surface area (TPSA) is 112 Å². The fourth-order valence-corrected chi connectivity index (χ4v) is 6.30. The summed E-state index contributed by atoms with van der Waals surface area (Å²) < 4.78 is 22.0. The van der Waals surface area contributed by atoms with Gasteiger partial charge in [0.2, 0.25) is 0 Å². The van der Waals surface area contributed by atoms with Crippen LogP contribution in [0.1, 0.15) is 69.4 Å². The zero-order chi connectivity index (χ0) is 35.2. The molecule has 2 N–H and O–H groups in total. The molecule has 0 heterocycles. The van der Waals surface area contributed by atoms with E-state index >= 15 is 0 Å². The summed E-state index contributed by atoms with van der Waals surface area (Å²) >= 11 is 0. The Morgan fingerprint density at radius 1 is 0.694 bits per heavy atom. The molecule has 262 valence electrons. The van der Waals surface area contributed by atoms with Crippen molar-refractivity contribution >= 4 is 11.9 Å². The molecule has 1 fully saturated rings. The Morgan fingerprint density at radius 3 is 1.76 bits per heavy atom. The number of hydrogen-bond donors (Lipinski definition) is 2. The van der Waals surface area contributed by atoms with Crippen LogP contribution < -0.4 is 9.47 Å². The average Bonchev–Trinajstić information content (AvgIpc) is 3.14. The van der Waals surface area contributed by atoms with Gasteiger partial charge in [0.25, 0.3) is 0 Å². The standard InChI is InChI=1S/C41H50O8/c1-5-7-30-8-10-32(11-9-30)33-12-14-34(15-13-33)39-17-16-35(22-31(39)6-2)36-23-37(46-18-20-48-40(44)28(3)26-42)25-38(24-36)47-19-21-49-41(45)29(4)27-43/h12-17,22-25,30,32,42-43H,3-11,18-21,26-27H2,1-2H3. The largest absolute Gasteiger partial charge is 0.490 e. The van der Waals surface area contributed by atoms with Crippen molar-refractivity contribution in [3.05, 3.63) is 96.1 Å². The molecule has 0 radical (unpaired) electrons. The van der Waals surface area contributed by atoms with E-state index in [1.807, 2.05) is 12.1 Å². The second kappa shape index (κ2) is 19.0. The van der Waals surface area contributed by atoms with Gasteiger partial charge in [-0.05, 0) is 89.5 Å². The summed E-state index contributed by atoms with van der Waals surface area (Å²) in [6, 6.07) is 21.1. The Hall–Kier alpha value is -4.40. The molecule has 1 aliphatic carbocycles. The van der Waals surface area contributed by atoms with Crippen LogP contribution in [0.15, 0.2) is 85.0 Å². The number of rotatable bonds is 18. The lowest BCUT2D eigenvalue weighted by Gasteiger charge is -2.28. The molecule has 49 heavy (non-hydrogen) atoms. The number of aryl methyl sites for hydroxylation is 1. The molecule has 8 nitrogen and oxygen atoms in total. The molecule has 4 rings (SSSR count). The van der Waals surface area contributed by atoms with Crippen molar-refractivity contribution in [2.45, 2.75) is 64.7 Å². The van der Waals surface area contributed by atoms with Crippen LogP contribution >= 0.6 is 0 Å². The molecule has 1 saturated carbocycles. The number of esters is 2. The highest BCUT2D eigenvalue weighted by Gasteiger charge is 2.22. The summed E-state index contributed by atoms with van der Waals surface area (Å²) in [5.74, 6) is 1.18. The molecule has 0 saturated heterocycles. The van der Waals surface area contributed by atoms with E-state index in [1.54, 1.807) is 6.07 Å². The Kier molecular flexibility index (Phi) is 14.5. The third kappa shape index (κ3) is 10.8. The lowest BCUT2D eigenvalue weighted by molar-refractivity contribution is -0.141. The summed E-state index contributed by atoms with van der Waals surface area (Å²) in [7, 11) is 0. The number of hydrogen-bond acceptors (Lipinski definition) is 8. The first kappa shape index (κ1) is 37.4. The van der Waals surface area contributed by atoms with Gasteiger partial charge >= 0.3 is 11.9 Å². The molecule has 1 aliphatic rings. The van der Waals surface area contributed by atoms with Crippen LogP contribution in [-0.4, -0.2) is 61.8 Å². The maximum absolute atomic E-state index is 11.8. The normalized spacial score (nSPS) is 15.7. The van der Waals surface area contributed by atoms with Gasteiger partial charge in [0.05, 0.1) is 24.4 Å². The van der Waals surface area contributed by atoms with Crippen molar-refractivity contribution in [1.82, 2.24) is 0 Å². The second-order valence-electron chi connectivity index (χ2n) is 12.5. The molecular weight excluding hydrogens is 620 g/mol. The molecule has 0 aliphatic heterocycles. The van der Waals surface area contributed by atoms with E-state index < -0.39 is 25.2 Å². The first-order valence-electron chi connectivity index (χ1n) is 17.3. The summed E-state index contributed by atoms with van der Waals surface area (Å²) in [4.78, 5) is 23.7. The third-order valence-electron chi connectivity index (χ3n) is 9.07. The second-order valence-corrected chi connectivity index (χ2v) is 12.5. The Balaban J connectivity index is 1.50. The smallest absolute Gasteiger partial charge is 0.335 e. The predicted molar refractivity (Wildman–Crippen MR) is 192 cm³/mol. The van der Waals surface area contributed by atoms with Crippen LogP contribution in [0.5, 0.6) is 11.5 Å². The number of aliphatic hydroxyl groups is 2. The maximum atomic E-state index is 11.8. The van der Waals surface area contributed by atoms with Crippen molar-refractivity contribution in [2.75, 3.05) is 39.6 Å². The molecular formula is C41H50O8. The van der Waals surface area contributed by atoms with E-state index in [1.165, 1.54) is 60.8 Å². The number of carbonyl (C=O) groups is 2. The summed E-state index contributed by atoms with van der Waals surface area (Å²) in [6.07, 6.45) is 8.72. The lowest BCUT2D eigenvalue weighted by atomic mass is 9.77. The van der Waals surface area contributed by atoms with Gasteiger partial charge in [0, 0.05) is 6.07 Å². The number of carbonyl (C=O) groups excluding carboxylic acids is 2. The van der Waals surface area contributed by atoms with Crippen LogP contribution in [0, 0.1) is 5.92 Å². The number of ether oxygens (including phenoxy) is 4. The third-order valence-corrected chi connectivity index (χ3v) is 9.07. The highest BCUT2D eigenvalue weighted by Crippen LogP contribution is 2.39. The molecule has 3 aromatic rings. The van der Waals surface area contributed by atoms with E-state index in [0.717, 1.165) is 23.5 Å². The van der Waals surface area contributed by atoms with Crippen LogP contribution in [0.2, 0.25) is 0 Å². The Bertz CT molecular complexity index is 1510. The zero-order valence-electron chi connectivity index (χ0n) is 28.9.